The van der Waals surface area contributed by atoms with Crippen molar-refractivity contribution in [2.24, 2.45) is 10.7 Å². The summed E-state index contributed by atoms with van der Waals surface area (Å²) in [6.07, 6.45) is 2.86. The monoisotopic (exact) mass is 567 g/mol. The molecule has 1 aliphatic heterocycles. The van der Waals surface area contributed by atoms with Gasteiger partial charge in [-0.2, -0.15) is 4.39 Å². The molecule has 2 aromatic carbocycles. The number of carboxylic acid groups (broad SMARTS) is 1. The zero-order valence-corrected chi connectivity index (χ0v) is 22.0. The van der Waals surface area contributed by atoms with Crippen LogP contribution in [0, 0.1) is 17.0 Å². The van der Waals surface area contributed by atoms with E-state index in [0.717, 1.165) is 12.8 Å². The first-order valence-electron chi connectivity index (χ1n) is 12.8. The summed E-state index contributed by atoms with van der Waals surface area (Å²) < 4.78 is 47.5. The van der Waals surface area contributed by atoms with Gasteiger partial charge < -0.3 is 35.1 Å². The van der Waals surface area contributed by atoms with Crippen molar-refractivity contribution < 1.29 is 38.0 Å². The van der Waals surface area contributed by atoms with Gasteiger partial charge in [-0.1, -0.05) is 0 Å². The summed E-state index contributed by atoms with van der Waals surface area (Å²) in [5.41, 5.74) is 4.66. The molecule has 5 rings (SSSR count). The molecule has 5 N–H and O–H groups in total. The highest BCUT2D eigenvalue weighted by atomic mass is 19.1. The van der Waals surface area contributed by atoms with E-state index in [2.05, 4.69) is 9.98 Å². The molecule has 41 heavy (non-hydrogen) atoms. The lowest BCUT2D eigenvalue weighted by atomic mass is 10.0. The van der Waals surface area contributed by atoms with E-state index < -0.39 is 34.8 Å². The minimum Gasteiger partial charge on any atom is -0.504 e. The van der Waals surface area contributed by atoms with Crippen molar-refractivity contribution in [2.75, 3.05) is 20.1 Å². The standard InChI is InChI=1S/C28H27F2N5O6/c1-35-11-10-33-25(35)17-13-16(41-28(27(37)38)8-2-3-9-28)5-7-20(17)39-23-18(29)14-34-26(22(23)30)40-21-12-15(24(31)32)4-6-19(21)36/h4-7,12-14,36H,2-3,8-11H2,1H3,(H3,31,32)(H,37,38). The van der Waals surface area contributed by atoms with E-state index in [4.69, 9.17) is 25.4 Å². The van der Waals surface area contributed by atoms with E-state index in [1.165, 1.54) is 30.3 Å². The summed E-state index contributed by atoms with van der Waals surface area (Å²) in [6, 6.07) is 8.22. The highest BCUT2D eigenvalue weighted by Gasteiger charge is 2.44. The van der Waals surface area contributed by atoms with Crippen molar-refractivity contribution in [1.82, 2.24) is 9.88 Å². The van der Waals surface area contributed by atoms with Crippen LogP contribution in [-0.2, 0) is 4.79 Å². The Balaban J connectivity index is 1.51. The zero-order chi connectivity index (χ0) is 29.3. The molecule has 0 radical (unpaired) electrons. The number of carbonyl (C=O) groups is 1. The van der Waals surface area contributed by atoms with Crippen molar-refractivity contribution in [2.45, 2.75) is 31.3 Å². The van der Waals surface area contributed by atoms with E-state index in [1.54, 1.807) is 13.1 Å². The lowest BCUT2D eigenvalue weighted by molar-refractivity contribution is -0.154. The number of phenolic OH excluding ortho intramolecular Hbond substituents is 1. The Labute approximate surface area is 233 Å². The van der Waals surface area contributed by atoms with E-state index >= 15 is 4.39 Å². The molecule has 2 heterocycles. The van der Waals surface area contributed by atoms with Gasteiger partial charge in [0.25, 0.3) is 5.88 Å². The molecule has 11 nitrogen and oxygen atoms in total. The molecular weight excluding hydrogens is 540 g/mol. The lowest BCUT2D eigenvalue weighted by Crippen LogP contribution is -2.41. The number of aliphatic imine (C=N–C) groups is 1. The molecule has 0 bridgehead atoms. The molecule has 0 amide bonds. The summed E-state index contributed by atoms with van der Waals surface area (Å²) in [7, 11) is 1.79. The number of aromatic nitrogens is 1. The van der Waals surface area contributed by atoms with Gasteiger partial charge in [0, 0.05) is 19.2 Å². The van der Waals surface area contributed by atoms with Gasteiger partial charge >= 0.3 is 5.97 Å². The average molecular weight is 568 g/mol. The van der Waals surface area contributed by atoms with Crippen LogP contribution in [0.2, 0.25) is 0 Å². The van der Waals surface area contributed by atoms with Crippen molar-refractivity contribution >= 4 is 17.6 Å². The molecule has 0 spiro atoms. The van der Waals surface area contributed by atoms with E-state index in [-0.39, 0.29) is 34.4 Å². The maximum absolute atomic E-state index is 15.5. The summed E-state index contributed by atoms with van der Waals surface area (Å²) in [5.74, 6) is -5.20. The first-order chi connectivity index (χ1) is 19.6. The Bertz CT molecular complexity index is 1560. The third-order valence-electron chi connectivity index (χ3n) is 6.95. The van der Waals surface area contributed by atoms with Crippen molar-refractivity contribution in [3.63, 3.8) is 0 Å². The van der Waals surface area contributed by atoms with Gasteiger partial charge in [-0.05, 0) is 62.1 Å². The number of nitrogen functional groups attached to an aromatic ring is 1. The molecule has 0 unspecified atom stereocenters. The highest BCUT2D eigenvalue weighted by molar-refractivity contribution is 6.02. The minimum absolute atomic E-state index is 0.0250. The molecule has 1 saturated carbocycles. The lowest BCUT2D eigenvalue weighted by Gasteiger charge is -2.26. The van der Waals surface area contributed by atoms with E-state index in [9.17, 15) is 19.4 Å². The predicted molar refractivity (Wildman–Crippen MR) is 143 cm³/mol. The second kappa shape index (κ2) is 10.9. The van der Waals surface area contributed by atoms with Crippen molar-refractivity contribution in [3.8, 4) is 34.6 Å². The number of benzene rings is 2. The van der Waals surface area contributed by atoms with Crippen LogP contribution in [0.1, 0.15) is 36.8 Å². The largest absolute Gasteiger partial charge is 0.504 e. The van der Waals surface area contributed by atoms with Gasteiger partial charge in [0.2, 0.25) is 17.2 Å². The molecule has 0 saturated heterocycles. The Morgan fingerprint density at radius 2 is 1.88 bits per heavy atom. The molecule has 3 aromatic rings. The van der Waals surface area contributed by atoms with Crippen LogP contribution in [0.5, 0.6) is 34.6 Å². The van der Waals surface area contributed by atoms with Crippen LogP contribution < -0.4 is 19.9 Å². The number of hydrogen-bond donors (Lipinski definition) is 4. The van der Waals surface area contributed by atoms with Crippen LogP contribution in [-0.4, -0.2) is 63.5 Å². The summed E-state index contributed by atoms with van der Waals surface area (Å²) in [5, 5.41) is 27.5. The van der Waals surface area contributed by atoms with Crippen LogP contribution in [0.3, 0.4) is 0 Å². The fraction of sp³-hybridized carbons (Fsp3) is 0.286. The fourth-order valence-electron chi connectivity index (χ4n) is 4.77. The number of halogens is 2. The third kappa shape index (κ3) is 5.42. The second-order valence-electron chi connectivity index (χ2n) is 9.75. The number of carboxylic acids is 1. The number of nitrogens with zero attached hydrogens (tertiary/aromatic N) is 3. The van der Waals surface area contributed by atoms with Crippen LogP contribution in [0.15, 0.2) is 47.6 Å². The Hall–Kier alpha value is -4.94. The third-order valence-corrected chi connectivity index (χ3v) is 6.95. The maximum Gasteiger partial charge on any atom is 0.348 e. The molecular formula is C28H27F2N5O6. The number of rotatable bonds is 9. The van der Waals surface area contributed by atoms with E-state index in [1.807, 2.05) is 4.90 Å². The summed E-state index contributed by atoms with van der Waals surface area (Å²) in [4.78, 5) is 22.0. The number of pyridine rings is 1. The van der Waals surface area contributed by atoms with Gasteiger partial charge in [-0.3, -0.25) is 10.4 Å². The molecule has 0 atom stereocenters. The molecule has 1 aliphatic carbocycles. The van der Waals surface area contributed by atoms with Gasteiger partial charge in [-0.15, -0.1) is 0 Å². The SMILES string of the molecule is CN1CCN=C1c1cc(OC2(C(=O)O)CCCC2)ccc1Oc1c(F)cnc(Oc2cc(C(=N)N)ccc2O)c1F. The number of amidine groups is 2. The fourth-order valence-corrected chi connectivity index (χ4v) is 4.77. The highest BCUT2D eigenvalue weighted by Crippen LogP contribution is 2.40. The van der Waals surface area contributed by atoms with Crippen molar-refractivity contribution in [1.29, 1.82) is 5.41 Å². The quantitative estimate of drug-likeness (QED) is 0.217. The number of phenols is 1. The Kier molecular flexibility index (Phi) is 7.35. The molecule has 13 heteroatoms. The number of ether oxygens (including phenoxy) is 3. The number of nitrogens with one attached hydrogen (secondary N) is 1. The van der Waals surface area contributed by atoms with Crippen molar-refractivity contribution in [3.05, 3.63) is 65.4 Å². The average Bonchev–Trinajstić information content (AvgIpc) is 3.59. The molecule has 214 valence electrons. The maximum atomic E-state index is 15.5. The number of nitrogens with two attached hydrogens (primary N) is 1. The number of hydrogen-bond acceptors (Lipinski definition) is 9. The topological polar surface area (TPSA) is 164 Å². The number of likely N-dealkylation sites (N-methyl/N-ethyl adjacent to an activating group) is 1. The smallest absolute Gasteiger partial charge is 0.348 e. The molecule has 2 aliphatic rings. The van der Waals surface area contributed by atoms with Gasteiger partial charge in [0.1, 0.15) is 23.2 Å². The second-order valence-corrected chi connectivity index (χ2v) is 9.75. The van der Waals surface area contributed by atoms with Crippen LogP contribution in [0.25, 0.3) is 0 Å². The number of aromatic hydroxyl groups is 1. The normalized spacial score (nSPS) is 15.9. The Morgan fingerprint density at radius 3 is 2.54 bits per heavy atom. The van der Waals surface area contributed by atoms with Crippen LogP contribution >= 0.6 is 0 Å². The van der Waals surface area contributed by atoms with Gasteiger partial charge in [0.15, 0.2) is 17.3 Å². The molecule has 1 aromatic heterocycles. The first-order valence-corrected chi connectivity index (χ1v) is 12.8. The summed E-state index contributed by atoms with van der Waals surface area (Å²) >= 11 is 0. The Morgan fingerprint density at radius 1 is 1.12 bits per heavy atom. The molecule has 1 fully saturated rings. The zero-order valence-electron chi connectivity index (χ0n) is 22.0. The summed E-state index contributed by atoms with van der Waals surface area (Å²) in [6.45, 7) is 1.08. The van der Waals surface area contributed by atoms with Crippen LogP contribution in [0.4, 0.5) is 8.78 Å². The first kappa shape index (κ1) is 27.6. The minimum atomic E-state index is -1.36. The van der Waals surface area contributed by atoms with Gasteiger partial charge in [0.05, 0.1) is 18.3 Å². The predicted octanol–water partition coefficient (Wildman–Crippen LogP) is 4.40. The van der Waals surface area contributed by atoms with E-state index in [0.29, 0.717) is 43.5 Å². The van der Waals surface area contributed by atoms with Gasteiger partial charge in [-0.25, -0.2) is 14.2 Å². The number of aliphatic carboxylic acids is 1.